The van der Waals surface area contributed by atoms with Gasteiger partial charge in [-0.3, -0.25) is 0 Å². The number of phenolic OH excluding ortho intramolecular Hbond substituents is 1. The quantitative estimate of drug-likeness (QED) is 0.182. The van der Waals surface area contributed by atoms with Crippen LogP contribution in [-0.2, 0) is 19.3 Å². The minimum absolute atomic E-state index is 0.569. The van der Waals surface area contributed by atoms with Crippen LogP contribution in [0.15, 0.2) is 12.1 Å². The summed E-state index contributed by atoms with van der Waals surface area (Å²) >= 11 is 0. The van der Waals surface area contributed by atoms with Gasteiger partial charge in [-0.05, 0) is 60.3 Å². The van der Waals surface area contributed by atoms with Gasteiger partial charge in [0.15, 0.2) is 0 Å². The number of aromatic hydroxyl groups is 1. The van der Waals surface area contributed by atoms with Crippen LogP contribution in [0.4, 0.5) is 0 Å². The fraction of sp³-hybridized carbons (Fsp3) is 0.812. The van der Waals surface area contributed by atoms with Crippen molar-refractivity contribution in [3.8, 4) is 5.75 Å². The van der Waals surface area contributed by atoms with E-state index < -0.39 is 0 Å². The second kappa shape index (κ2) is 19.3. The van der Waals surface area contributed by atoms with E-state index in [1.54, 1.807) is 5.56 Å². The van der Waals surface area contributed by atoms with Crippen molar-refractivity contribution in [2.75, 3.05) is 0 Å². The summed E-state index contributed by atoms with van der Waals surface area (Å²) in [6.07, 6.45) is 24.4. The Bertz CT molecular complexity index is 590. The average molecular weight is 459 g/mol. The Balaban J connectivity index is 3.02. The zero-order valence-electron chi connectivity index (χ0n) is 23.2. The number of hydrogen-bond acceptors (Lipinski definition) is 1. The lowest BCUT2D eigenvalue weighted by atomic mass is 9.84. The summed E-state index contributed by atoms with van der Waals surface area (Å²) in [6.45, 7) is 11.5. The van der Waals surface area contributed by atoms with E-state index in [0.29, 0.717) is 11.7 Å². The first kappa shape index (κ1) is 30.1. The third-order valence-electron chi connectivity index (χ3n) is 7.54. The van der Waals surface area contributed by atoms with Crippen LogP contribution in [0.25, 0.3) is 0 Å². The molecule has 1 nitrogen and oxygen atoms in total. The van der Waals surface area contributed by atoms with Gasteiger partial charge in [-0.25, -0.2) is 0 Å². The number of benzene rings is 1. The molecule has 1 heteroatoms. The molecule has 0 aliphatic carbocycles. The number of unbranched alkanes of at least 4 members (excludes halogenated alkanes) is 7. The van der Waals surface area contributed by atoms with Gasteiger partial charge in [-0.1, -0.05) is 137 Å². The van der Waals surface area contributed by atoms with Crippen LogP contribution in [0.3, 0.4) is 0 Å². The summed E-state index contributed by atoms with van der Waals surface area (Å²) < 4.78 is 0. The lowest BCUT2D eigenvalue weighted by molar-refractivity contribution is 0.408. The third-order valence-corrected chi connectivity index (χ3v) is 7.54. The SMILES string of the molecule is CCCCCCCCc1cc(CC(CCC)CCCC)c(O)cc1CC(CCC)CCCC. The molecule has 0 radical (unpaired) electrons. The molecule has 192 valence electrons. The summed E-state index contributed by atoms with van der Waals surface area (Å²) in [5.74, 6) is 2.05. The minimum Gasteiger partial charge on any atom is -0.508 e. The molecule has 0 fully saturated rings. The standard InChI is InChI=1S/C32H58O/c1-6-11-14-15-16-17-22-29-25-31(24-28(19-10-5)21-13-8-3)32(33)26-30(29)23-27(18-9-4)20-12-7-2/h25-28,33H,6-24H2,1-5H3. The van der Waals surface area contributed by atoms with Crippen LogP contribution in [-0.4, -0.2) is 5.11 Å². The Morgan fingerprint density at radius 3 is 1.58 bits per heavy atom. The molecule has 1 rings (SSSR count). The van der Waals surface area contributed by atoms with Gasteiger partial charge in [0.25, 0.3) is 0 Å². The van der Waals surface area contributed by atoms with E-state index in [1.165, 1.54) is 120 Å². The highest BCUT2D eigenvalue weighted by Crippen LogP contribution is 2.32. The summed E-state index contributed by atoms with van der Waals surface area (Å²) in [5.41, 5.74) is 4.21. The van der Waals surface area contributed by atoms with Gasteiger partial charge in [0.2, 0.25) is 0 Å². The Labute approximate surface area is 208 Å². The summed E-state index contributed by atoms with van der Waals surface area (Å²) in [7, 11) is 0. The Morgan fingerprint density at radius 1 is 0.515 bits per heavy atom. The zero-order chi connectivity index (χ0) is 24.3. The zero-order valence-corrected chi connectivity index (χ0v) is 23.2. The molecule has 0 aromatic heterocycles. The van der Waals surface area contributed by atoms with Crippen LogP contribution >= 0.6 is 0 Å². The maximum atomic E-state index is 11.0. The van der Waals surface area contributed by atoms with Gasteiger partial charge < -0.3 is 5.11 Å². The lowest BCUT2D eigenvalue weighted by Gasteiger charge is -2.22. The van der Waals surface area contributed by atoms with E-state index in [-0.39, 0.29) is 0 Å². The van der Waals surface area contributed by atoms with Crippen molar-refractivity contribution in [2.45, 2.75) is 157 Å². The molecular formula is C32H58O. The van der Waals surface area contributed by atoms with Crippen molar-refractivity contribution in [3.05, 3.63) is 28.8 Å². The van der Waals surface area contributed by atoms with Gasteiger partial charge in [-0.2, -0.15) is 0 Å². The average Bonchev–Trinajstić information content (AvgIpc) is 2.80. The maximum Gasteiger partial charge on any atom is 0.119 e. The van der Waals surface area contributed by atoms with Crippen molar-refractivity contribution in [1.29, 1.82) is 0 Å². The predicted molar refractivity (Wildman–Crippen MR) is 148 cm³/mol. The summed E-state index contributed by atoms with van der Waals surface area (Å²) in [4.78, 5) is 0. The van der Waals surface area contributed by atoms with Crippen LogP contribution in [0.1, 0.15) is 154 Å². The molecule has 0 saturated carbocycles. The summed E-state index contributed by atoms with van der Waals surface area (Å²) in [6, 6.07) is 4.60. The number of aryl methyl sites for hydroxylation is 1. The molecule has 1 N–H and O–H groups in total. The van der Waals surface area contributed by atoms with Gasteiger partial charge in [0.1, 0.15) is 5.75 Å². The van der Waals surface area contributed by atoms with Gasteiger partial charge in [-0.15, -0.1) is 0 Å². The molecule has 0 heterocycles. The first-order chi connectivity index (χ1) is 16.1. The molecule has 2 atom stereocenters. The van der Waals surface area contributed by atoms with Gasteiger partial charge in [0.05, 0.1) is 0 Å². The van der Waals surface area contributed by atoms with Crippen LogP contribution in [0, 0.1) is 11.8 Å². The molecule has 2 unspecified atom stereocenters. The highest BCUT2D eigenvalue weighted by molar-refractivity contribution is 5.42. The Hall–Kier alpha value is -0.980. The van der Waals surface area contributed by atoms with E-state index in [4.69, 9.17) is 0 Å². The molecule has 0 amide bonds. The van der Waals surface area contributed by atoms with E-state index >= 15 is 0 Å². The smallest absolute Gasteiger partial charge is 0.119 e. The molecule has 0 saturated heterocycles. The Kier molecular flexibility index (Phi) is 17.6. The second-order valence-electron chi connectivity index (χ2n) is 10.8. The molecule has 0 spiro atoms. The van der Waals surface area contributed by atoms with Crippen molar-refractivity contribution in [1.82, 2.24) is 0 Å². The highest BCUT2D eigenvalue weighted by Gasteiger charge is 2.17. The highest BCUT2D eigenvalue weighted by atomic mass is 16.3. The second-order valence-corrected chi connectivity index (χ2v) is 10.8. The first-order valence-electron chi connectivity index (χ1n) is 14.9. The van der Waals surface area contributed by atoms with Crippen LogP contribution in [0.5, 0.6) is 5.75 Å². The van der Waals surface area contributed by atoms with E-state index in [0.717, 1.165) is 18.8 Å². The first-order valence-corrected chi connectivity index (χ1v) is 14.9. The Morgan fingerprint density at radius 2 is 1.03 bits per heavy atom. The monoisotopic (exact) mass is 458 g/mol. The number of rotatable bonds is 21. The largest absolute Gasteiger partial charge is 0.508 e. The fourth-order valence-electron chi connectivity index (χ4n) is 5.53. The third kappa shape index (κ3) is 12.9. The van der Waals surface area contributed by atoms with Crippen molar-refractivity contribution < 1.29 is 5.11 Å². The molecule has 1 aromatic carbocycles. The van der Waals surface area contributed by atoms with Crippen molar-refractivity contribution in [3.63, 3.8) is 0 Å². The molecule has 0 aliphatic rings. The number of phenols is 1. The lowest BCUT2D eigenvalue weighted by Crippen LogP contribution is -2.09. The van der Waals surface area contributed by atoms with Crippen molar-refractivity contribution in [2.24, 2.45) is 11.8 Å². The molecule has 0 aliphatic heterocycles. The van der Waals surface area contributed by atoms with Gasteiger partial charge in [0, 0.05) is 0 Å². The van der Waals surface area contributed by atoms with E-state index in [1.807, 2.05) is 0 Å². The van der Waals surface area contributed by atoms with E-state index in [9.17, 15) is 5.11 Å². The van der Waals surface area contributed by atoms with Gasteiger partial charge >= 0.3 is 0 Å². The molecule has 1 aromatic rings. The minimum atomic E-state index is 0.569. The fourth-order valence-corrected chi connectivity index (χ4v) is 5.53. The predicted octanol–water partition coefficient (Wildman–Crippen LogP) is 10.6. The molecular weight excluding hydrogens is 400 g/mol. The topological polar surface area (TPSA) is 20.2 Å². The summed E-state index contributed by atoms with van der Waals surface area (Å²) in [5, 5.41) is 11.0. The normalized spacial score (nSPS) is 13.4. The molecule has 33 heavy (non-hydrogen) atoms. The van der Waals surface area contributed by atoms with Crippen molar-refractivity contribution >= 4 is 0 Å². The number of hydrogen-bond donors (Lipinski definition) is 1. The van der Waals surface area contributed by atoms with Crippen LogP contribution in [0.2, 0.25) is 0 Å². The maximum absolute atomic E-state index is 11.0. The van der Waals surface area contributed by atoms with Crippen LogP contribution < -0.4 is 0 Å². The van der Waals surface area contributed by atoms with E-state index in [2.05, 4.69) is 46.8 Å². The molecule has 0 bridgehead atoms.